The number of nitrogens with zero attached hydrogens (tertiary/aromatic N) is 5. The van der Waals surface area contributed by atoms with Gasteiger partial charge in [-0.15, -0.1) is 0 Å². The Morgan fingerprint density at radius 2 is 2.05 bits per heavy atom. The highest BCUT2D eigenvalue weighted by Crippen LogP contribution is 2.27. The van der Waals surface area contributed by atoms with Crippen LogP contribution < -0.4 is 11.1 Å². The van der Waals surface area contributed by atoms with E-state index >= 15 is 0 Å². The Kier molecular flexibility index (Phi) is 3.98. The van der Waals surface area contributed by atoms with E-state index in [9.17, 15) is 0 Å². The maximum Gasteiger partial charge on any atom is 0.241 e. The minimum absolute atomic E-state index is 0.221. The highest BCUT2D eigenvalue weighted by atomic mass is 15.3. The number of nitrogens with one attached hydrogen (secondary N) is 1. The first kappa shape index (κ1) is 13.8. The number of anilines is 2. The lowest BCUT2D eigenvalue weighted by Crippen LogP contribution is -2.27. The van der Waals surface area contributed by atoms with E-state index in [2.05, 4.69) is 32.2 Å². The summed E-state index contributed by atoms with van der Waals surface area (Å²) in [5.74, 6) is 2.13. The van der Waals surface area contributed by atoms with Crippen molar-refractivity contribution < 1.29 is 0 Å². The van der Waals surface area contributed by atoms with Gasteiger partial charge in [-0.3, -0.25) is 4.57 Å². The Morgan fingerprint density at radius 3 is 2.71 bits per heavy atom. The van der Waals surface area contributed by atoms with Crippen molar-refractivity contribution in [1.29, 1.82) is 0 Å². The van der Waals surface area contributed by atoms with Crippen LogP contribution in [0.4, 0.5) is 11.9 Å². The lowest BCUT2D eigenvalue weighted by Gasteiger charge is -2.28. The number of hydrogen-bond donors (Lipinski definition) is 2. The molecule has 1 aliphatic rings. The molecule has 0 aromatic carbocycles. The molecule has 0 aliphatic heterocycles. The third kappa shape index (κ3) is 3.29. The molecule has 0 atom stereocenters. The second-order valence-electron chi connectivity index (χ2n) is 5.56. The summed E-state index contributed by atoms with van der Waals surface area (Å²) in [6, 6.07) is 0.422. The van der Waals surface area contributed by atoms with Crippen LogP contribution in [0.15, 0.2) is 18.7 Å². The fraction of sp³-hybridized carbons (Fsp3) is 0.571. The highest BCUT2D eigenvalue weighted by molar-refractivity contribution is 5.36. The summed E-state index contributed by atoms with van der Waals surface area (Å²) in [6.45, 7) is 2.27. The van der Waals surface area contributed by atoms with Gasteiger partial charge in [0, 0.05) is 18.4 Å². The van der Waals surface area contributed by atoms with E-state index in [0.29, 0.717) is 17.9 Å². The van der Waals surface area contributed by atoms with Crippen LogP contribution >= 0.6 is 0 Å². The van der Waals surface area contributed by atoms with Gasteiger partial charge in [0.1, 0.15) is 6.33 Å². The van der Waals surface area contributed by atoms with E-state index in [4.69, 9.17) is 5.73 Å². The third-order valence-electron chi connectivity index (χ3n) is 4.13. The summed E-state index contributed by atoms with van der Waals surface area (Å²) in [5, 5.41) is 3.39. The fourth-order valence-electron chi connectivity index (χ4n) is 2.84. The van der Waals surface area contributed by atoms with Crippen molar-refractivity contribution in [3.05, 3.63) is 18.7 Å². The van der Waals surface area contributed by atoms with Crippen molar-refractivity contribution >= 4 is 11.9 Å². The van der Waals surface area contributed by atoms with E-state index in [1.165, 1.54) is 19.3 Å². The molecule has 1 saturated carbocycles. The van der Waals surface area contributed by atoms with E-state index in [0.717, 1.165) is 18.8 Å². The predicted molar refractivity (Wildman–Crippen MR) is 81.0 cm³/mol. The summed E-state index contributed by atoms with van der Waals surface area (Å²) in [5.41, 5.74) is 5.78. The fourth-order valence-corrected chi connectivity index (χ4v) is 2.84. The molecule has 0 radical (unpaired) electrons. The van der Waals surface area contributed by atoms with Crippen molar-refractivity contribution in [3.8, 4) is 5.95 Å². The number of aromatic nitrogens is 5. The molecule has 2 aromatic heterocycles. The Labute approximate surface area is 124 Å². The van der Waals surface area contributed by atoms with Gasteiger partial charge in [0.15, 0.2) is 0 Å². The number of nitrogens with two attached hydrogens (primary N) is 1. The molecule has 3 N–H and O–H groups in total. The molecule has 0 spiro atoms. The molecule has 2 heterocycles. The standard InChI is InChI=1S/C14H21N7/c1-2-10-3-5-11(6-4-10)17-13-18-12(15)19-14(20-13)21-8-7-16-9-21/h7-11H,2-6H2,1H3,(H3,15,17,18,19,20). The van der Waals surface area contributed by atoms with Crippen LogP contribution in [0.1, 0.15) is 39.0 Å². The zero-order chi connectivity index (χ0) is 14.7. The van der Waals surface area contributed by atoms with Crippen LogP contribution in [0.25, 0.3) is 5.95 Å². The number of rotatable bonds is 4. The van der Waals surface area contributed by atoms with Gasteiger partial charge in [-0.25, -0.2) is 4.98 Å². The molecule has 2 aromatic rings. The van der Waals surface area contributed by atoms with Gasteiger partial charge in [-0.05, 0) is 31.6 Å². The third-order valence-corrected chi connectivity index (χ3v) is 4.13. The molecule has 0 bridgehead atoms. The molecule has 3 rings (SSSR count). The molecule has 7 nitrogen and oxygen atoms in total. The molecule has 7 heteroatoms. The molecule has 1 fully saturated rings. The molecule has 1 aliphatic carbocycles. The summed E-state index contributed by atoms with van der Waals surface area (Å²) in [6.07, 6.45) is 11.2. The van der Waals surface area contributed by atoms with E-state index in [-0.39, 0.29) is 5.95 Å². The first-order chi connectivity index (χ1) is 10.2. The minimum atomic E-state index is 0.221. The highest BCUT2D eigenvalue weighted by Gasteiger charge is 2.20. The second-order valence-corrected chi connectivity index (χ2v) is 5.56. The van der Waals surface area contributed by atoms with Gasteiger partial charge in [0.05, 0.1) is 0 Å². The largest absolute Gasteiger partial charge is 0.368 e. The van der Waals surface area contributed by atoms with Crippen molar-refractivity contribution in [2.45, 2.75) is 45.1 Å². The Hall–Kier alpha value is -2.18. The van der Waals surface area contributed by atoms with E-state index < -0.39 is 0 Å². The number of hydrogen-bond acceptors (Lipinski definition) is 6. The Bertz CT molecular complexity index is 573. The topological polar surface area (TPSA) is 94.5 Å². The normalized spacial score (nSPS) is 22.1. The quantitative estimate of drug-likeness (QED) is 0.893. The van der Waals surface area contributed by atoms with Gasteiger partial charge in [0.25, 0.3) is 0 Å². The summed E-state index contributed by atoms with van der Waals surface area (Å²) < 4.78 is 1.72. The van der Waals surface area contributed by atoms with Crippen LogP contribution in [0, 0.1) is 5.92 Å². The average Bonchev–Trinajstić information content (AvgIpc) is 3.02. The first-order valence-corrected chi connectivity index (χ1v) is 7.51. The Morgan fingerprint density at radius 1 is 1.24 bits per heavy atom. The number of nitrogen functional groups attached to an aromatic ring is 1. The monoisotopic (exact) mass is 287 g/mol. The lowest BCUT2D eigenvalue weighted by atomic mass is 9.85. The predicted octanol–water partition coefficient (Wildman–Crippen LogP) is 2.02. The van der Waals surface area contributed by atoms with E-state index in [1.54, 1.807) is 23.3 Å². The van der Waals surface area contributed by atoms with Crippen LogP contribution in [0.5, 0.6) is 0 Å². The zero-order valence-electron chi connectivity index (χ0n) is 12.2. The summed E-state index contributed by atoms with van der Waals surface area (Å²) in [4.78, 5) is 16.7. The minimum Gasteiger partial charge on any atom is -0.368 e. The van der Waals surface area contributed by atoms with Gasteiger partial charge >= 0.3 is 0 Å². The smallest absolute Gasteiger partial charge is 0.241 e. The lowest BCUT2D eigenvalue weighted by molar-refractivity contribution is 0.329. The maximum absolute atomic E-state index is 5.78. The van der Waals surface area contributed by atoms with Gasteiger partial charge in [-0.2, -0.15) is 15.0 Å². The second kappa shape index (κ2) is 6.07. The van der Waals surface area contributed by atoms with Crippen LogP contribution in [-0.4, -0.2) is 30.5 Å². The molecule has 0 amide bonds. The van der Waals surface area contributed by atoms with Gasteiger partial charge < -0.3 is 11.1 Å². The molecule has 112 valence electrons. The van der Waals surface area contributed by atoms with Gasteiger partial charge in [-0.1, -0.05) is 13.3 Å². The molecular weight excluding hydrogens is 266 g/mol. The van der Waals surface area contributed by atoms with Gasteiger partial charge in [0.2, 0.25) is 17.8 Å². The average molecular weight is 287 g/mol. The van der Waals surface area contributed by atoms with Crippen LogP contribution in [-0.2, 0) is 0 Å². The van der Waals surface area contributed by atoms with Crippen LogP contribution in [0.2, 0.25) is 0 Å². The summed E-state index contributed by atoms with van der Waals surface area (Å²) in [7, 11) is 0. The molecule has 21 heavy (non-hydrogen) atoms. The Balaban J connectivity index is 1.71. The van der Waals surface area contributed by atoms with Crippen molar-refractivity contribution in [3.63, 3.8) is 0 Å². The molecule has 0 saturated heterocycles. The summed E-state index contributed by atoms with van der Waals surface area (Å²) >= 11 is 0. The zero-order valence-corrected chi connectivity index (χ0v) is 12.2. The maximum atomic E-state index is 5.78. The molecule has 0 unspecified atom stereocenters. The number of imidazole rings is 1. The van der Waals surface area contributed by atoms with Crippen molar-refractivity contribution in [1.82, 2.24) is 24.5 Å². The molecular formula is C14H21N7. The van der Waals surface area contributed by atoms with Crippen molar-refractivity contribution in [2.24, 2.45) is 5.92 Å². The first-order valence-electron chi connectivity index (χ1n) is 7.51. The van der Waals surface area contributed by atoms with Crippen molar-refractivity contribution in [2.75, 3.05) is 11.1 Å². The SMILES string of the molecule is CCC1CCC(Nc2nc(N)nc(-n3ccnc3)n2)CC1. The van der Waals surface area contributed by atoms with E-state index in [1.807, 2.05) is 0 Å². The van der Waals surface area contributed by atoms with Crippen LogP contribution in [0.3, 0.4) is 0 Å².